The SMILES string of the molecule is CCOCC(=O)Nc1cc(C)nn1-c1nc(-c2ccc(F)cc2)cs1. The third-order valence-electron chi connectivity index (χ3n) is 3.35. The molecule has 130 valence electrons. The van der Waals surface area contributed by atoms with E-state index in [0.29, 0.717) is 17.6 Å². The quantitative estimate of drug-likeness (QED) is 0.731. The number of anilines is 1. The Balaban J connectivity index is 1.85. The average molecular weight is 360 g/mol. The molecular weight excluding hydrogens is 343 g/mol. The third kappa shape index (κ3) is 4.09. The monoisotopic (exact) mass is 360 g/mol. The number of hydrogen-bond donors (Lipinski definition) is 1. The van der Waals surface area contributed by atoms with Crippen molar-refractivity contribution in [2.75, 3.05) is 18.5 Å². The van der Waals surface area contributed by atoms with Gasteiger partial charge in [0.05, 0.1) is 11.4 Å². The van der Waals surface area contributed by atoms with Gasteiger partial charge in [-0.25, -0.2) is 9.37 Å². The molecule has 2 heterocycles. The first-order valence-corrected chi connectivity index (χ1v) is 8.61. The van der Waals surface area contributed by atoms with Crippen molar-refractivity contribution in [2.45, 2.75) is 13.8 Å². The number of aryl methyl sites for hydroxylation is 1. The highest BCUT2D eigenvalue weighted by molar-refractivity contribution is 7.12. The number of nitrogens with zero attached hydrogens (tertiary/aromatic N) is 3. The number of carbonyl (C=O) groups is 1. The maximum absolute atomic E-state index is 13.1. The minimum Gasteiger partial charge on any atom is -0.372 e. The summed E-state index contributed by atoms with van der Waals surface area (Å²) in [6.45, 7) is 4.12. The second-order valence-electron chi connectivity index (χ2n) is 5.29. The van der Waals surface area contributed by atoms with E-state index in [1.54, 1.807) is 22.9 Å². The zero-order valence-corrected chi connectivity index (χ0v) is 14.6. The number of rotatable bonds is 6. The molecule has 0 aliphatic carbocycles. The summed E-state index contributed by atoms with van der Waals surface area (Å²) in [5.74, 6) is -0.0123. The van der Waals surface area contributed by atoms with Gasteiger partial charge >= 0.3 is 0 Å². The lowest BCUT2D eigenvalue weighted by atomic mass is 10.2. The Kier molecular flexibility index (Phi) is 5.20. The van der Waals surface area contributed by atoms with Crippen LogP contribution in [-0.2, 0) is 9.53 Å². The van der Waals surface area contributed by atoms with Gasteiger partial charge < -0.3 is 10.1 Å². The van der Waals surface area contributed by atoms with Gasteiger partial charge in [0.2, 0.25) is 5.13 Å². The maximum Gasteiger partial charge on any atom is 0.251 e. The highest BCUT2D eigenvalue weighted by Gasteiger charge is 2.14. The molecule has 0 bridgehead atoms. The van der Waals surface area contributed by atoms with E-state index in [0.717, 1.165) is 17.0 Å². The van der Waals surface area contributed by atoms with Crippen LogP contribution in [0.25, 0.3) is 16.4 Å². The van der Waals surface area contributed by atoms with Crippen LogP contribution in [0.5, 0.6) is 0 Å². The summed E-state index contributed by atoms with van der Waals surface area (Å²) in [6.07, 6.45) is 0. The molecule has 0 unspecified atom stereocenters. The number of carbonyl (C=O) groups excluding carboxylic acids is 1. The van der Waals surface area contributed by atoms with Gasteiger partial charge in [-0.1, -0.05) is 0 Å². The number of aromatic nitrogens is 3. The molecule has 3 aromatic rings. The number of thiazole rings is 1. The molecular formula is C17H17FN4O2S. The van der Waals surface area contributed by atoms with Gasteiger partial charge in [0.15, 0.2) is 0 Å². The zero-order chi connectivity index (χ0) is 17.8. The number of ether oxygens (including phenoxy) is 1. The molecule has 0 spiro atoms. The van der Waals surface area contributed by atoms with E-state index in [1.807, 2.05) is 19.2 Å². The summed E-state index contributed by atoms with van der Waals surface area (Å²) in [7, 11) is 0. The Labute approximate surface area is 148 Å². The zero-order valence-electron chi connectivity index (χ0n) is 13.8. The van der Waals surface area contributed by atoms with Gasteiger partial charge in [0.25, 0.3) is 5.91 Å². The molecule has 1 aromatic carbocycles. The van der Waals surface area contributed by atoms with Crippen LogP contribution in [0, 0.1) is 12.7 Å². The minimum absolute atomic E-state index is 0.0145. The Morgan fingerprint density at radius 3 is 2.84 bits per heavy atom. The minimum atomic E-state index is -0.291. The molecule has 3 rings (SSSR count). The molecule has 0 radical (unpaired) electrons. The summed E-state index contributed by atoms with van der Waals surface area (Å²) in [5.41, 5.74) is 2.29. The van der Waals surface area contributed by atoms with Crippen LogP contribution in [0.4, 0.5) is 10.2 Å². The van der Waals surface area contributed by atoms with Gasteiger partial charge in [-0.15, -0.1) is 11.3 Å². The van der Waals surface area contributed by atoms with Crippen LogP contribution in [0.1, 0.15) is 12.6 Å². The lowest BCUT2D eigenvalue weighted by molar-refractivity contribution is -0.120. The number of halogens is 1. The Hall–Kier alpha value is -2.58. The fourth-order valence-corrected chi connectivity index (χ4v) is 3.02. The van der Waals surface area contributed by atoms with E-state index >= 15 is 0 Å². The summed E-state index contributed by atoms with van der Waals surface area (Å²) in [4.78, 5) is 16.4. The van der Waals surface area contributed by atoms with E-state index in [2.05, 4.69) is 15.4 Å². The van der Waals surface area contributed by atoms with E-state index in [1.165, 1.54) is 23.5 Å². The molecule has 8 heteroatoms. The van der Waals surface area contributed by atoms with Crippen LogP contribution >= 0.6 is 11.3 Å². The predicted molar refractivity (Wildman–Crippen MR) is 94.5 cm³/mol. The molecule has 1 N–H and O–H groups in total. The van der Waals surface area contributed by atoms with Crippen LogP contribution in [0.2, 0.25) is 0 Å². The molecule has 0 saturated carbocycles. The number of hydrogen-bond acceptors (Lipinski definition) is 5. The number of amides is 1. The smallest absolute Gasteiger partial charge is 0.251 e. The second kappa shape index (κ2) is 7.54. The van der Waals surface area contributed by atoms with Crippen LogP contribution in [0.15, 0.2) is 35.7 Å². The molecule has 0 saturated heterocycles. The van der Waals surface area contributed by atoms with Gasteiger partial charge in [0.1, 0.15) is 18.2 Å². The molecule has 0 atom stereocenters. The van der Waals surface area contributed by atoms with Crippen molar-refractivity contribution in [3.63, 3.8) is 0 Å². The lowest BCUT2D eigenvalue weighted by Gasteiger charge is -2.06. The fraction of sp³-hybridized carbons (Fsp3) is 0.235. The van der Waals surface area contributed by atoms with Crippen molar-refractivity contribution in [3.05, 3.63) is 47.2 Å². The average Bonchev–Trinajstić information content (AvgIpc) is 3.20. The van der Waals surface area contributed by atoms with Gasteiger partial charge in [-0.3, -0.25) is 4.79 Å². The molecule has 2 aromatic heterocycles. The van der Waals surface area contributed by atoms with Crippen molar-refractivity contribution in [1.29, 1.82) is 0 Å². The molecule has 0 fully saturated rings. The summed E-state index contributed by atoms with van der Waals surface area (Å²) >= 11 is 1.39. The highest BCUT2D eigenvalue weighted by Crippen LogP contribution is 2.26. The Bertz CT molecular complexity index is 873. The van der Waals surface area contributed by atoms with Crippen molar-refractivity contribution >= 4 is 23.1 Å². The molecule has 6 nitrogen and oxygen atoms in total. The van der Waals surface area contributed by atoms with Crippen LogP contribution < -0.4 is 5.32 Å². The molecule has 0 aliphatic heterocycles. The largest absolute Gasteiger partial charge is 0.372 e. The topological polar surface area (TPSA) is 69.0 Å². The van der Waals surface area contributed by atoms with Crippen molar-refractivity contribution < 1.29 is 13.9 Å². The standard InChI is InChI=1S/C17H17FN4O2S/c1-3-24-9-16(23)20-15-8-11(2)21-22(15)17-19-14(10-25-17)12-4-6-13(18)7-5-12/h4-8,10H,3,9H2,1-2H3,(H,20,23). The first-order valence-electron chi connectivity index (χ1n) is 7.73. The predicted octanol–water partition coefficient (Wildman–Crippen LogP) is 3.42. The maximum atomic E-state index is 13.1. The van der Waals surface area contributed by atoms with Gasteiger partial charge in [-0.2, -0.15) is 9.78 Å². The lowest BCUT2D eigenvalue weighted by Crippen LogP contribution is -2.20. The normalized spacial score (nSPS) is 10.8. The molecule has 1 amide bonds. The van der Waals surface area contributed by atoms with E-state index in [9.17, 15) is 9.18 Å². The molecule has 25 heavy (non-hydrogen) atoms. The van der Waals surface area contributed by atoms with Gasteiger partial charge in [-0.05, 0) is 38.1 Å². The fourth-order valence-electron chi connectivity index (χ4n) is 2.22. The van der Waals surface area contributed by atoms with E-state index in [-0.39, 0.29) is 18.3 Å². The van der Waals surface area contributed by atoms with Gasteiger partial charge in [0, 0.05) is 23.6 Å². The Morgan fingerprint density at radius 1 is 1.36 bits per heavy atom. The number of nitrogens with one attached hydrogen (secondary N) is 1. The van der Waals surface area contributed by atoms with Crippen LogP contribution in [0.3, 0.4) is 0 Å². The summed E-state index contributed by atoms with van der Waals surface area (Å²) in [6, 6.07) is 7.90. The highest BCUT2D eigenvalue weighted by atomic mass is 32.1. The number of benzene rings is 1. The van der Waals surface area contributed by atoms with E-state index < -0.39 is 0 Å². The van der Waals surface area contributed by atoms with Crippen molar-refractivity contribution in [2.24, 2.45) is 0 Å². The summed E-state index contributed by atoms with van der Waals surface area (Å²) in [5, 5.41) is 9.64. The third-order valence-corrected chi connectivity index (χ3v) is 4.17. The van der Waals surface area contributed by atoms with Crippen molar-refractivity contribution in [3.8, 4) is 16.4 Å². The van der Waals surface area contributed by atoms with E-state index in [4.69, 9.17) is 4.74 Å². The van der Waals surface area contributed by atoms with Crippen molar-refractivity contribution in [1.82, 2.24) is 14.8 Å². The summed E-state index contributed by atoms with van der Waals surface area (Å²) < 4.78 is 19.7. The molecule has 0 aliphatic rings. The van der Waals surface area contributed by atoms with Crippen LogP contribution in [-0.4, -0.2) is 33.9 Å². The first-order chi connectivity index (χ1) is 12.1. The first kappa shape index (κ1) is 17.2. The second-order valence-corrected chi connectivity index (χ2v) is 6.13. The Morgan fingerprint density at radius 2 is 2.12 bits per heavy atom.